The monoisotopic (exact) mass is 430 g/mol. The summed E-state index contributed by atoms with van der Waals surface area (Å²) in [6.07, 6.45) is 3.34. The van der Waals surface area contributed by atoms with Gasteiger partial charge >= 0.3 is 0 Å². The molecule has 0 saturated carbocycles. The molecule has 32 heavy (non-hydrogen) atoms. The topological polar surface area (TPSA) is 96.3 Å². The molecule has 0 bridgehead atoms. The Morgan fingerprint density at radius 2 is 1.94 bits per heavy atom. The third-order valence-electron chi connectivity index (χ3n) is 6.83. The Hall–Kier alpha value is -3.29. The highest BCUT2D eigenvalue weighted by Gasteiger charge is 2.50. The molecule has 2 aromatic heterocycles. The average Bonchev–Trinajstić information content (AvgIpc) is 3.37. The Morgan fingerprint density at radius 3 is 2.66 bits per heavy atom. The fraction of sp³-hybridized carbons (Fsp3) is 0.320. The molecule has 2 aliphatic heterocycles. The second-order valence-electron chi connectivity index (χ2n) is 8.60. The van der Waals surface area contributed by atoms with E-state index in [9.17, 15) is 14.7 Å². The van der Waals surface area contributed by atoms with E-state index in [-0.39, 0.29) is 42.0 Å². The zero-order valence-electron chi connectivity index (χ0n) is 17.8. The maximum Gasteiger partial charge on any atom is 0.258 e. The molecule has 1 fully saturated rings. The van der Waals surface area contributed by atoms with Gasteiger partial charge in [0, 0.05) is 48.6 Å². The minimum atomic E-state index is -0.509. The Bertz CT molecular complexity index is 1180. The number of pyridine rings is 2. The molecule has 0 aliphatic carbocycles. The van der Waals surface area contributed by atoms with Gasteiger partial charge in [-0.15, -0.1) is 0 Å². The Kier molecular flexibility index (Phi) is 5.36. The van der Waals surface area contributed by atoms with Gasteiger partial charge in [0.15, 0.2) is 0 Å². The first-order chi connectivity index (χ1) is 15.6. The molecule has 5 rings (SSSR count). The van der Waals surface area contributed by atoms with Crippen molar-refractivity contribution in [3.05, 3.63) is 88.6 Å². The molecule has 2 aliphatic rings. The molecule has 1 aromatic carbocycles. The number of amides is 1. The highest BCUT2D eigenvalue weighted by Crippen LogP contribution is 2.43. The first-order valence-corrected chi connectivity index (χ1v) is 10.9. The molecule has 3 N–H and O–H groups in total. The SMILES string of the molecule is C[C@@H](NC(=O)[C@H]1N[C@H]2c3ccc(-c4ccncc4)c(=O)n3C[C@H]2[C@@H]1CO)c1ccccc1. The molecule has 7 heteroatoms. The Morgan fingerprint density at radius 1 is 1.19 bits per heavy atom. The lowest BCUT2D eigenvalue weighted by Gasteiger charge is -2.23. The summed E-state index contributed by atoms with van der Waals surface area (Å²) in [7, 11) is 0. The number of carbonyl (C=O) groups is 1. The number of hydrogen-bond acceptors (Lipinski definition) is 5. The number of rotatable bonds is 5. The first-order valence-electron chi connectivity index (χ1n) is 10.9. The van der Waals surface area contributed by atoms with Gasteiger partial charge in [0.25, 0.3) is 5.56 Å². The van der Waals surface area contributed by atoms with Crippen LogP contribution in [-0.4, -0.2) is 33.2 Å². The van der Waals surface area contributed by atoms with E-state index in [0.29, 0.717) is 12.1 Å². The second-order valence-corrected chi connectivity index (χ2v) is 8.60. The van der Waals surface area contributed by atoms with Gasteiger partial charge in [0.2, 0.25) is 5.91 Å². The number of benzene rings is 1. The molecular formula is C25H26N4O3. The lowest BCUT2D eigenvalue weighted by atomic mass is 9.88. The van der Waals surface area contributed by atoms with Crippen molar-refractivity contribution in [2.75, 3.05) is 6.61 Å². The van der Waals surface area contributed by atoms with Gasteiger partial charge < -0.3 is 15.0 Å². The van der Waals surface area contributed by atoms with E-state index in [2.05, 4.69) is 15.6 Å². The molecule has 164 valence electrons. The van der Waals surface area contributed by atoms with Gasteiger partial charge in [-0.2, -0.15) is 0 Å². The van der Waals surface area contributed by atoms with Crippen LogP contribution in [0.25, 0.3) is 11.1 Å². The van der Waals surface area contributed by atoms with E-state index >= 15 is 0 Å². The van der Waals surface area contributed by atoms with Crippen molar-refractivity contribution in [1.29, 1.82) is 0 Å². The van der Waals surface area contributed by atoms with E-state index in [0.717, 1.165) is 16.8 Å². The number of aromatic nitrogens is 2. The average molecular weight is 431 g/mol. The summed E-state index contributed by atoms with van der Waals surface area (Å²) in [4.78, 5) is 30.3. The van der Waals surface area contributed by atoms with Crippen molar-refractivity contribution in [1.82, 2.24) is 20.2 Å². The minimum absolute atomic E-state index is 0.0248. The largest absolute Gasteiger partial charge is 0.396 e. The summed E-state index contributed by atoms with van der Waals surface area (Å²) >= 11 is 0. The van der Waals surface area contributed by atoms with Gasteiger partial charge in [0.1, 0.15) is 0 Å². The minimum Gasteiger partial charge on any atom is -0.396 e. The number of nitrogens with one attached hydrogen (secondary N) is 2. The van der Waals surface area contributed by atoms with Crippen LogP contribution in [0.2, 0.25) is 0 Å². The maximum atomic E-state index is 13.2. The van der Waals surface area contributed by atoms with Crippen LogP contribution < -0.4 is 16.2 Å². The molecule has 4 heterocycles. The number of aliphatic hydroxyl groups is 1. The molecule has 7 nitrogen and oxygen atoms in total. The van der Waals surface area contributed by atoms with Crippen molar-refractivity contribution in [3.63, 3.8) is 0 Å². The quantitative estimate of drug-likeness (QED) is 0.576. The first kappa shape index (κ1) is 20.6. The molecule has 1 saturated heterocycles. The lowest BCUT2D eigenvalue weighted by Crippen LogP contribution is -2.46. The van der Waals surface area contributed by atoms with Crippen LogP contribution >= 0.6 is 0 Å². The normalized spacial score (nSPS) is 24.6. The zero-order valence-corrected chi connectivity index (χ0v) is 17.8. The van der Waals surface area contributed by atoms with Gasteiger partial charge in [-0.1, -0.05) is 30.3 Å². The van der Waals surface area contributed by atoms with Crippen LogP contribution in [0.4, 0.5) is 0 Å². The number of carbonyl (C=O) groups excluding carboxylic acids is 1. The molecule has 0 spiro atoms. The summed E-state index contributed by atoms with van der Waals surface area (Å²) in [6.45, 7) is 2.31. The van der Waals surface area contributed by atoms with Crippen LogP contribution in [-0.2, 0) is 11.3 Å². The van der Waals surface area contributed by atoms with Crippen molar-refractivity contribution in [3.8, 4) is 11.1 Å². The van der Waals surface area contributed by atoms with Crippen molar-refractivity contribution >= 4 is 5.91 Å². The van der Waals surface area contributed by atoms with Crippen LogP contribution in [0, 0.1) is 11.8 Å². The van der Waals surface area contributed by atoms with E-state index in [4.69, 9.17) is 0 Å². The molecule has 5 atom stereocenters. The highest BCUT2D eigenvalue weighted by molar-refractivity contribution is 5.83. The third kappa shape index (κ3) is 3.43. The number of nitrogens with zero attached hydrogens (tertiary/aromatic N) is 2. The number of hydrogen-bond donors (Lipinski definition) is 3. The lowest BCUT2D eigenvalue weighted by molar-refractivity contribution is -0.125. The summed E-state index contributed by atoms with van der Waals surface area (Å²) in [5, 5.41) is 16.6. The zero-order chi connectivity index (χ0) is 22.2. The summed E-state index contributed by atoms with van der Waals surface area (Å²) in [5.74, 6) is -0.424. The fourth-order valence-electron chi connectivity index (χ4n) is 5.13. The van der Waals surface area contributed by atoms with Crippen molar-refractivity contribution < 1.29 is 9.90 Å². The third-order valence-corrected chi connectivity index (χ3v) is 6.83. The van der Waals surface area contributed by atoms with Gasteiger partial charge in [-0.25, -0.2) is 0 Å². The number of fused-ring (bicyclic) bond motifs is 3. The molecule has 1 amide bonds. The van der Waals surface area contributed by atoms with Crippen LogP contribution in [0.5, 0.6) is 0 Å². The highest BCUT2D eigenvalue weighted by atomic mass is 16.3. The van der Waals surface area contributed by atoms with Crippen LogP contribution in [0.15, 0.2) is 71.8 Å². The van der Waals surface area contributed by atoms with Crippen LogP contribution in [0.3, 0.4) is 0 Å². The van der Waals surface area contributed by atoms with E-state index < -0.39 is 6.04 Å². The smallest absolute Gasteiger partial charge is 0.258 e. The van der Waals surface area contributed by atoms with Gasteiger partial charge in [-0.3, -0.25) is 19.9 Å². The Balaban J connectivity index is 1.38. The summed E-state index contributed by atoms with van der Waals surface area (Å²) in [5.41, 5.74) is 3.29. The maximum absolute atomic E-state index is 13.2. The van der Waals surface area contributed by atoms with E-state index in [1.54, 1.807) is 17.0 Å². The fourth-order valence-corrected chi connectivity index (χ4v) is 5.13. The standard InChI is InChI=1S/C25H26N4O3/c1-15(16-5-3-2-4-6-16)27-24(31)23-20(14-30)19-13-29-21(22(19)28-23)8-7-18(25(29)32)17-9-11-26-12-10-17/h2-12,15,19-20,22-23,28,30H,13-14H2,1H3,(H,27,31)/t15-,19+,20+,22-,23+/m1/s1. The van der Waals surface area contributed by atoms with Crippen LogP contribution in [0.1, 0.15) is 30.3 Å². The Labute approximate surface area is 186 Å². The van der Waals surface area contributed by atoms with Gasteiger partial charge in [0.05, 0.1) is 18.1 Å². The molecule has 0 radical (unpaired) electrons. The molecule has 0 unspecified atom stereocenters. The molecular weight excluding hydrogens is 404 g/mol. The van der Waals surface area contributed by atoms with Crippen molar-refractivity contribution in [2.45, 2.75) is 31.6 Å². The predicted octanol–water partition coefficient (Wildman–Crippen LogP) is 2.04. The summed E-state index contributed by atoms with van der Waals surface area (Å²) in [6, 6.07) is 16.4. The van der Waals surface area contributed by atoms with Gasteiger partial charge in [-0.05, 0) is 42.3 Å². The predicted molar refractivity (Wildman–Crippen MR) is 121 cm³/mol. The molecule has 3 aromatic rings. The second kappa shape index (κ2) is 8.33. The van der Waals surface area contributed by atoms with E-state index in [1.807, 2.05) is 61.5 Å². The van der Waals surface area contributed by atoms with Crippen molar-refractivity contribution in [2.24, 2.45) is 11.8 Å². The van der Waals surface area contributed by atoms with E-state index in [1.165, 1.54) is 0 Å². The summed E-state index contributed by atoms with van der Waals surface area (Å²) < 4.78 is 1.78. The number of aliphatic hydroxyl groups excluding tert-OH is 1.